The van der Waals surface area contributed by atoms with Crippen LogP contribution < -0.4 is 10.9 Å². The summed E-state index contributed by atoms with van der Waals surface area (Å²) in [5.41, 5.74) is 10.7. The maximum atomic E-state index is 13.2. The number of aromatic nitrogens is 2. The molecule has 0 spiro atoms. The van der Waals surface area contributed by atoms with Crippen molar-refractivity contribution in [3.8, 4) is 0 Å². The molecule has 3 heterocycles. The fourth-order valence-electron chi connectivity index (χ4n) is 4.95. The van der Waals surface area contributed by atoms with Gasteiger partial charge in [0.15, 0.2) is 0 Å². The Bertz CT molecular complexity index is 1010. The van der Waals surface area contributed by atoms with Crippen LogP contribution in [0.25, 0.3) is 11.0 Å². The summed E-state index contributed by atoms with van der Waals surface area (Å²) in [5.74, 6) is 1.97. The average Bonchev–Trinajstić information content (AvgIpc) is 3.40. The number of benzene rings is 2. The zero-order valence-corrected chi connectivity index (χ0v) is 16.7. The Balaban J connectivity index is 1.28. The Morgan fingerprint density at radius 3 is 2.66 bits per heavy atom. The van der Waals surface area contributed by atoms with Gasteiger partial charge < -0.3 is 9.88 Å². The summed E-state index contributed by atoms with van der Waals surface area (Å²) >= 11 is 0. The first-order valence-corrected chi connectivity index (χ1v) is 10.5. The number of fused-ring (bicyclic) bond motifs is 1. The molecule has 5 rings (SSSR count). The van der Waals surface area contributed by atoms with Crippen molar-refractivity contribution >= 4 is 16.9 Å². The van der Waals surface area contributed by atoms with Crippen LogP contribution in [0.5, 0.6) is 0 Å². The Morgan fingerprint density at radius 2 is 1.86 bits per heavy atom. The normalized spacial score (nSPS) is 23.0. The Labute approximate surface area is 170 Å². The van der Waals surface area contributed by atoms with Crippen molar-refractivity contribution in [1.82, 2.24) is 25.7 Å². The lowest BCUT2D eigenvalue weighted by Crippen LogP contribution is -2.45. The van der Waals surface area contributed by atoms with Crippen LogP contribution in [0.2, 0.25) is 0 Å². The number of imidazole rings is 1. The molecule has 2 fully saturated rings. The van der Waals surface area contributed by atoms with Crippen molar-refractivity contribution in [2.24, 2.45) is 5.92 Å². The van der Waals surface area contributed by atoms with E-state index in [4.69, 9.17) is 0 Å². The number of rotatable bonds is 3. The highest BCUT2D eigenvalue weighted by molar-refractivity contribution is 6.04. The number of amides is 1. The number of aryl methyl sites for hydroxylation is 1. The number of likely N-dealkylation sites (tertiary alicyclic amines) is 1. The second-order valence-corrected chi connectivity index (χ2v) is 8.22. The number of H-pyrrole nitrogens is 1. The molecule has 6 nitrogen and oxygen atoms in total. The van der Waals surface area contributed by atoms with Gasteiger partial charge in [0.1, 0.15) is 11.3 Å². The van der Waals surface area contributed by atoms with Crippen LogP contribution in [0.3, 0.4) is 0 Å². The molecule has 3 aromatic rings. The van der Waals surface area contributed by atoms with Gasteiger partial charge in [-0.1, -0.05) is 36.4 Å². The summed E-state index contributed by atoms with van der Waals surface area (Å²) in [5, 5.41) is 0. The Morgan fingerprint density at radius 1 is 1.07 bits per heavy atom. The number of hydrogen-bond acceptors (Lipinski definition) is 4. The molecule has 1 aromatic heterocycles. The van der Waals surface area contributed by atoms with Crippen LogP contribution in [0.15, 0.2) is 48.5 Å². The molecule has 2 aromatic carbocycles. The van der Waals surface area contributed by atoms with Crippen molar-refractivity contribution in [2.45, 2.75) is 31.7 Å². The minimum atomic E-state index is 0.0951. The second kappa shape index (κ2) is 7.61. The molecular formula is C23H27N5O. The van der Waals surface area contributed by atoms with Crippen molar-refractivity contribution in [3.63, 3.8) is 0 Å². The van der Waals surface area contributed by atoms with Gasteiger partial charge in [0.2, 0.25) is 0 Å². The van der Waals surface area contributed by atoms with E-state index in [0.717, 1.165) is 49.3 Å². The predicted molar refractivity (Wildman–Crippen MR) is 114 cm³/mol. The van der Waals surface area contributed by atoms with Gasteiger partial charge in [0, 0.05) is 31.6 Å². The first kappa shape index (κ1) is 18.3. The molecule has 2 saturated heterocycles. The molecule has 6 heteroatoms. The molecule has 1 amide bonds. The topological polar surface area (TPSA) is 73.1 Å². The molecule has 0 aliphatic carbocycles. The third-order valence-electron chi connectivity index (χ3n) is 6.45. The van der Waals surface area contributed by atoms with Gasteiger partial charge in [-0.2, -0.15) is 0 Å². The predicted octanol–water partition coefficient (Wildman–Crippen LogP) is 2.98. The zero-order valence-electron chi connectivity index (χ0n) is 16.7. The molecule has 3 N–H and O–H groups in total. The van der Waals surface area contributed by atoms with Gasteiger partial charge in [-0.05, 0) is 43.4 Å². The van der Waals surface area contributed by atoms with Gasteiger partial charge in [-0.15, -0.1) is 0 Å². The SMILES string of the molecule is Cc1nc2c(C(=O)N3CCC(C4NNCC4c4ccccc4)CC3)cccc2[nH]1. The third-order valence-corrected chi connectivity index (χ3v) is 6.45. The highest BCUT2D eigenvalue weighted by Crippen LogP contribution is 2.33. The van der Waals surface area contributed by atoms with E-state index >= 15 is 0 Å². The van der Waals surface area contributed by atoms with Crippen molar-refractivity contribution in [1.29, 1.82) is 0 Å². The van der Waals surface area contributed by atoms with E-state index in [2.05, 4.69) is 51.2 Å². The monoisotopic (exact) mass is 389 g/mol. The van der Waals surface area contributed by atoms with Crippen molar-refractivity contribution in [3.05, 3.63) is 65.5 Å². The Kier molecular flexibility index (Phi) is 4.81. The van der Waals surface area contributed by atoms with E-state index in [9.17, 15) is 4.79 Å². The lowest BCUT2D eigenvalue weighted by atomic mass is 9.80. The lowest BCUT2D eigenvalue weighted by molar-refractivity contribution is 0.0672. The van der Waals surface area contributed by atoms with Gasteiger partial charge in [-0.25, -0.2) is 4.98 Å². The maximum Gasteiger partial charge on any atom is 0.256 e. The quantitative estimate of drug-likeness (QED) is 0.644. The highest BCUT2D eigenvalue weighted by atomic mass is 16.2. The fourth-order valence-corrected chi connectivity index (χ4v) is 4.95. The number of piperidine rings is 1. The molecule has 2 unspecified atom stereocenters. The van der Waals surface area contributed by atoms with Gasteiger partial charge in [-0.3, -0.25) is 15.6 Å². The minimum Gasteiger partial charge on any atom is -0.342 e. The molecule has 0 bridgehead atoms. The second-order valence-electron chi connectivity index (χ2n) is 8.22. The largest absolute Gasteiger partial charge is 0.342 e. The standard InChI is InChI=1S/C23H27N5O/c1-15-25-20-9-5-8-18(22(20)26-15)23(29)28-12-10-17(11-13-28)21-19(14-24-27-21)16-6-3-2-4-7-16/h2-9,17,19,21,24,27H,10-14H2,1H3,(H,25,26). The molecule has 2 atom stereocenters. The number of hydrogen-bond donors (Lipinski definition) is 3. The molecule has 150 valence electrons. The first-order chi connectivity index (χ1) is 14.2. The van der Waals surface area contributed by atoms with E-state index < -0.39 is 0 Å². The van der Waals surface area contributed by atoms with Crippen molar-refractivity contribution < 1.29 is 4.79 Å². The minimum absolute atomic E-state index is 0.0951. The molecule has 2 aliphatic rings. The number of nitrogens with zero attached hydrogens (tertiary/aromatic N) is 2. The summed E-state index contributed by atoms with van der Waals surface area (Å²) in [6, 6.07) is 16.9. The molecule has 29 heavy (non-hydrogen) atoms. The number of aromatic amines is 1. The smallest absolute Gasteiger partial charge is 0.256 e. The lowest BCUT2D eigenvalue weighted by Gasteiger charge is -2.36. The van der Waals surface area contributed by atoms with Gasteiger partial charge >= 0.3 is 0 Å². The van der Waals surface area contributed by atoms with Crippen LogP contribution in [0, 0.1) is 12.8 Å². The van der Waals surface area contributed by atoms with Gasteiger partial charge in [0.05, 0.1) is 11.1 Å². The fraction of sp³-hybridized carbons (Fsp3) is 0.391. The summed E-state index contributed by atoms with van der Waals surface area (Å²) in [6.07, 6.45) is 2.04. The van der Waals surface area contributed by atoms with E-state index in [1.807, 2.05) is 30.0 Å². The number of para-hydroxylation sites is 1. The van der Waals surface area contributed by atoms with E-state index in [0.29, 0.717) is 23.4 Å². The summed E-state index contributed by atoms with van der Waals surface area (Å²) < 4.78 is 0. The summed E-state index contributed by atoms with van der Waals surface area (Å²) in [6.45, 7) is 4.46. The van der Waals surface area contributed by atoms with E-state index in [-0.39, 0.29) is 5.91 Å². The van der Waals surface area contributed by atoms with Crippen LogP contribution in [0.1, 0.15) is 40.5 Å². The van der Waals surface area contributed by atoms with Crippen LogP contribution >= 0.6 is 0 Å². The van der Waals surface area contributed by atoms with Crippen LogP contribution in [-0.4, -0.2) is 46.5 Å². The molecule has 0 radical (unpaired) electrons. The maximum absolute atomic E-state index is 13.2. The van der Waals surface area contributed by atoms with E-state index in [1.54, 1.807) is 0 Å². The summed E-state index contributed by atoms with van der Waals surface area (Å²) in [7, 11) is 0. The highest BCUT2D eigenvalue weighted by Gasteiger charge is 2.37. The van der Waals surface area contributed by atoms with Crippen molar-refractivity contribution in [2.75, 3.05) is 19.6 Å². The van der Waals surface area contributed by atoms with Crippen LogP contribution in [0.4, 0.5) is 0 Å². The first-order valence-electron chi connectivity index (χ1n) is 10.5. The van der Waals surface area contributed by atoms with Crippen LogP contribution in [-0.2, 0) is 0 Å². The average molecular weight is 390 g/mol. The zero-order chi connectivity index (χ0) is 19.8. The molecular weight excluding hydrogens is 362 g/mol. The number of carbonyl (C=O) groups excluding carboxylic acids is 1. The number of carbonyl (C=O) groups is 1. The number of hydrazine groups is 1. The van der Waals surface area contributed by atoms with E-state index in [1.165, 1.54) is 5.56 Å². The Hall–Kier alpha value is -2.70. The number of nitrogens with one attached hydrogen (secondary N) is 3. The summed E-state index contributed by atoms with van der Waals surface area (Å²) in [4.78, 5) is 22.9. The molecule has 0 saturated carbocycles. The molecule has 2 aliphatic heterocycles. The van der Waals surface area contributed by atoms with Gasteiger partial charge in [0.25, 0.3) is 5.91 Å². The third kappa shape index (κ3) is 3.43.